The van der Waals surface area contributed by atoms with Crippen molar-refractivity contribution in [1.82, 2.24) is 0 Å². The van der Waals surface area contributed by atoms with Gasteiger partial charge in [-0.3, -0.25) is 0 Å². The molecule has 0 bridgehead atoms. The molecule has 0 saturated heterocycles. The Morgan fingerprint density at radius 1 is 1.10 bits per heavy atom. The van der Waals surface area contributed by atoms with Crippen LogP contribution in [0.15, 0.2) is 40.9 Å². The number of rotatable bonds is 5. The van der Waals surface area contributed by atoms with Crippen LogP contribution in [0.1, 0.15) is 29.2 Å². The predicted octanol–water partition coefficient (Wildman–Crippen LogP) is 4.53. The smallest absolute Gasteiger partial charge is 0.123 e. The number of hydrogen-bond donors (Lipinski definition) is 1. The van der Waals surface area contributed by atoms with Crippen LogP contribution >= 0.6 is 15.9 Å². The number of benzene rings is 2. The van der Waals surface area contributed by atoms with Gasteiger partial charge in [-0.2, -0.15) is 0 Å². The van der Waals surface area contributed by atoms with E-state index >= 15 is 0 Å². The highest BCUT2D eigenvalue weighted by molar-refractivity contribution is 9.10. The van der Waals surface area contributed by atoms with Gasteiger partial charge in [-0.1, -0.05) is 39.7 Å². The summed E-state index contributed by atoms with van der Waals surface area (Å²) in [6.45, 7) is 6.81. The summed E-state index contributed by atoms with van der Waals surface area (Å²) in [6, 6.07) is 12.7. The van der Waals surface area contributed by atoms with Crippen molar-refractivity contribution in [2.75, 3.05) is 0 Å². The topological polar surface area (TPSA) is 35.2 Å². The first-order chi connectivity index (χ1) is 9.95. The van der Waals surface area contributed by atoms with E-state index < -0.39 is 0 Å². The van der Waals surface area contributed by atoms with E-state index in [9.17, 15) is 0 Å². The van der Waals surface area contributed by atoms with Gasteiger partial charge in [0.25, 0.3) is 0 Å². The third-order valence-corrected chi connectivity index (χ3v) is 3.95. The Morgan fingerprint density at radius 2 is 1.86 bits per heavy atom. The van der Waals surface area contributed by atoms with Crippen molar-refractivity contribution in [2.24, 2.45) is 5.73 Å². The minimum absolute atomic E-state index is 0.113. The van der Waals surface area contributed by atoms with Crippen molar-refractivity contribution in [3.05, 3.63) is 63.1 Å². The van der Waals surface area contributed by atoms with Crippen LogP contribution in [0.2, 0.25) is 0 Å². The normalized spacial score (nSPS) is 12.2. The number of hydrogen-bond acceptors (Lipinski definition) is 2. The number of nitrogens with two attached hydrogens (primary N) is 1. The molecule has 2 N–H and O–H groups in total. The lowest BCUT2D eigenvalue weighted by molar-refractivity contribution is 0.301. The molecular weight excluding hydrogens is 326 g/mol. The van der Waals surface area contributed by atoms with Gasteiger partial charge in [0.1, 0.15) is 12.4 Å². The van der Waals surface area contributed by atoms with Gasteiger partial charge in [-0.05, 0) is 62.1 Å². The van der Waals surface area contributed by atoms with Crippen LogP contribution in [-0.2, 0) is 13.0 Å². The quantitative estimate of drug-likeness (QED) is 0.861. The highest BCUT2D eigenvalue weighted by Crippen LogP contribution is 2.25. The van der Waals surface area contributed by atoms with Crippen LogP contribution < -0.4 is 10.5 Å². The molecule has 2 aromatic carbocycles. The van der Waals surface area contributed by atoms with E-state index in [1.807, 2.05) is 19.1 Å². The third-order valence-electron chi connectivity index (χ3n) is 3.45. The summed E-state index contributed by atoms with van der Waals surface area (Å²) < 4.78 is 7.09. The zero-order chi connectivity index (χ0) is 15.4. The van der Waals surface area contributed by atoms with Gasteiger partial charge in [0, 0.05) is 10.5 Å². The Kier molecular flexibility index (Phi) is 5.43. The second kappa shape index (κ2) is 7.10. The molecule has 0 radical (unpaired) electrons. The Hall–Kier alpha value is -1.32. The zero-order valence-corrected chi connectivity index (χ0v) is 14.4. The monoisotopic (exact) mass is 347 g/mol. The van der Waals surface area contributed by atoms with E-state index in [-0.39, 0.29) is 6.04 Å². The lowest BCUT2D eigenvalue weighted by atomic mass is 10.1. The average Bonchev–Trinajstić information content (AvgIpc) is 2.41. The molecule has 0 amide bonds. The molecule has 2 nitrogen and oxygen atoms in total. The molecular formula is C18H22BrNO. The van der Waals surface area contributed by atoms with Gasteiger partial charge in [0.05, 0.1) is 0 Å². The average molecular weight is 348 g/mol. The molecule has 0 fully saturated rings. The molecule has 0 spiro atoms. The maximum absolute atomic E-state index is 6.04. The van der Waals surface area contributed by atoms with Gasteiger partial charge in [0.15, 0.2) is 0 Å². The van der Waals surface area contributed by atoms with Gasteiger partial charge >= 0.3 is 0 Å². The molecule has 2 aromatic rings. The van der Waals surface area contributed by atoms with Crippen LogP contribution in [0.25, 0.3) is 0 Å². The minimum atomic E-state index is 0.113. The van der Waals surface area contributed by atoms with Crippen LogP contribution in [0.4, 0.5) is 0 Å². The van der Waals surface area contributed by atoms with E-state index in [1.165, 1.54) is 16.7 Å². The molecule has 1 unspecified atom stereocenters. The molecule has 112 valence electrons. The molecule has 1 atom stereocenters. The van der Waals surface area contributed by atoms with E-state index in [4.69, 9.17) is 10.5 Å². The summed E-state index contributed by atoms with van der Waals surface area (Å²) in [5, 5.41) is 0. The van der Waals surface area contributed by atoms with E-state index in [1.54, 1.807) is 0 Å². The van der Waals surface area contributed by atoms with E-state index in [0.717, 1.165) is 22.2 Å². The zero-order valence-electron chi connectivity index (χ0n) is 12.8. The fourth-order valence-corrected chi connectivity index (χ4v) is 2.71. The lowest BCUT2D eigenvalue weighted by Crippen LogP contribution is -2.18. The van der Waals surface area contributed by atoms with Crippen LogP contribution in [0.5, 0.6) is 5.75 Å². The Morgan fingerprint density at radius 3 is 2.57 bits per heavy atom. The first-order valence-corrected chi connectivity index (χ1v) is 7.98. The minimum Gasteiger partial charge on any atom is -0.489 e. The fraction of sp³-hybridized carbons (Fsp3) is 0.333. The summed E-state index contributed by atoms with van der Waals surface area (Å²) in [6.07, 6.45) is 0.807. The summed E-state index contributed by atoms with van der Waals surface area (Å²) >= 11 is 3.51. The van der Waals surface area contributed by atoms with Crippen molar-refractivity contribution in [3.8, 4) is 5.75 Å². The molecule has 0 aliphatic rings. The van der Waals surface area contributed by atoms with E-state index in [2.05, 4.69) is 54.0 Å². The number of ether oxygens (including phenoxy) is 1. The molecule has 0 aromatic heterocycles. The highest BCUT2D eigenvalue weighted by Gasteiger charge is 2.08. The largest absolute Gasteiger partial charge is 0.489 e. The molecule has 0 aliphatic heterocycles. The van der Waals surface area contributed by atoms with E-state index in [0.29, 0.717) is 6.61 Å². The molecule has 0 aliphatic carbocycles. The van der Waals surface area contributed by atoms with Crippen LogP contribution in [0.3, 0.4) is 0 Å². The van der Waals surface area contributed by atoms with Gasteiger partial charge in [-0.25, -0.2) is 0 Å². The van der Waals surface area contributed by atoms with Crippen molar-refractivity contribution in [3.63, 3.8) is 0 Å². The molecule has 21 heavy (non-hydrogen) atoms. The summed E-state index contributed by atoms with van der Waals surface area (Å²) in [4.78, 5) is 0. The van der Waals surface area contributed by atoms with Gasteiger partial charge in [0.2, 0.25) is 0 Å². The molecule has 0 heterocycles. The fourth-order valence-electron chi connectivity index (χ4n) is 2.31. The van der Waals surface area contributed by atoms with Crippen molar-refractivity contribution in [1.29, 1.82) is 0 Å². The SMILES string of the molecule is Cc1ccc(C)c(COc2ccc(Br)cc2CC(C)N)c1. The van der Waals surface area contributed by atoms with Crippen molar-refractivity contribution in [2.45, 2.75) is 39.8 Å². The maximum atomic E-state index is 6.04. The molecule has 3 heteroatoms. The first-order valence-electron chi connectivity index (χ1n) is 7.18. The molecule has 0 saturated carbocycles. The Balaban J connectivity index is 2.17. The number of aryl methyl sites for hydroxylation is 2. The lowest BCUT2D eigenvalue weighted by Gasteiger charge is -2.15. The summed E-state index contributed by atoms with van der Waals surface area (Å²) in [7, 11) is 0. The summed E-state index contributed by atoms with van der Waals surface area (Å²) in [5.41, 5.74) is 10.8. The van der Waals surface area contributed by atoms with Gasteiger partial charge in [-0.15, -0.1) is 0 Å². The van der Waals surface area contributed by atoms with Gasteiger partial charge < -0.3 is 10.5 Å². The second-order valence-corrected chi connectivity index (χ2v) is 6.57. The van der Waals surface area contributed by atoms with Crippen LogP contribution in [-0.4, -0.2) is 6.04 Å². The van der Waals surface area contributed by atoms with Crippen LogP contribution in [0, 0.1) is 13.8 Å². The predicted molar refractivity (Wildman–Crippen MR) is 91.7 cm³/mol. The maximum Gasteiger partial charge on any atom is 0.123 e. The number of halogens is 1. The highest BCUT2D eigenvalue weighted by atomic mass is 79.9. The Bertz CT molecular complexity index is 623. The standard InChI is InChI=1S/C18H22BrNO/c1-12-4-5-13(2)16(8-12)11-21-18-7-6-17(19)10-15(18)9-14(3)20/h4-8,10,14H,9,11,20H2,1-3H3. The van der Waals surface area contributed by atoms with Crippen molar-refractivity contribution < 1.29 is 4.74 Å². The summed E-state index contributed by atoms with van der Waals surface area (Å²) in [5.74, 6) is 0.913. The van der Waals surface area contributed by atoms with Crippen molar-refractivity contribution >= 4 is 15.9 Å². The third kappa shape index (κ3) is 4.58. The molecule has 2 rings (SSSR count). The Labute approximate surface area is 135 Å². The second-order valence-electron chi connectivity index (χ2n) is 5.65. The first kappa shape index (κ1) is 16.1.